The Hall–Kier alpha value is -4.19. The highest BCUT2D eigenvalue weighted by Crippen LogP contribution is 2.37. The zero-order valence-electron chi connectivity index (χ0n) is 18.8. The average molecular weight is 460 g/mol. The van der Waals surface area contributed by atoms with Gasteiger partial charge in [0.1, 0.15) is 0 Å². The molecule has 2 N–H and O–H groups in total. The predicted molar refractivity (Wildman–Crippen MR) is 124 cm³/mol. The van der Waals surface area contributed by atoms with Crippen LogP contribution in [0.1, 0.15) is 59.8 Å². The second-order valence-electron chi connectivity index (χ2n) is 8.30. The number of anilines is 3. The summed E-state index contributed by atoms with van der Waals surface area (Å²) >= 11 is 0. The minimum atomic E-state index is -0.512. The number of esters is 1. The standard InChI is InChI=1S/C25H25N5O4/c1-33-22(31)14-16-5-7-18(8-6-16)19-9-11-20(12-10-19)27-23(32)24-29-30-25(34-24)28-21-4-2-3-17(13-21)15-26/h2-4,9-13,16,18H,5-8,14H2,1H3,(H,27,32)(H,28,30). The van der Waals surface area contributed by atoms with Crippen LogP contribution in [0.3, 0.4) is 0 Å². The number of carbonyl (C=O) groups excluding carboxylic acids is 2. The van der Waals surface area contributed by atoms with Crippen LogP contribution in [0.15, 0.2) is 52.9 Å². The molecule has 0 unspecified atom stereocenters. The van der Waals surface area contributed by atoms with Gasteiger partial charge in [0.25, 0.3) is 0 Å². The van der Waals surface area contributed by atoms with Crippen LogP contribution >= 0.6 is 0 Å². The number of carbonyl (C=O) groups is 2. The molecule has 4 rings (SSSR count). The van der Waals surface area contributed by atoms with Gasteiger partial charge in [0.15, 0.2) is 0 Å². The molecule has 1 aliphatic rings. The van der Waals surface area contributed by atoms with Crippen molar-refractivity contribution in [3.05, 3.63) is 65.5 Å². The molecule has 0 atom stereocenters. The smallest absolute Gasteiger partial charge is 0.320 e. The van der Waals surface area contributed by atoms with Crippen molar-refractivity contribution in [2.45, 2.75) is 38.0 Å². The Bertz CT molecular complexity index is 1190. The van der Waals surface area contributed by atoms with E-state index in [1.165, 1.54) is 12.7 Å². The van der Waals surface area contributed by atoms with Crippen LogP contribution in [-0.2, 0) is 9.53 Å². The van der Waals surface area contributed by atoms with Gasteiger partial charge in [-0.3, -0.25) is 9.59 Å². The molecule has 0 radical (unpaired) electrons. The lowest BCUT2D eigenvalue weighted by atomic mass is 9.77. The molecule has 0 spiro atoms. The summed E-state index contributed by atoms with van der Waals surface area (Å²) in [5.41, 5.74) is 2.94. The van der Waals surface area contributed by atoms with Gasteiger partial charge < -0.3 is 19.8 Å². The van der Waals surface area contributed by atoms with Crippen LogP contribution in [0.4, 0.5) is 17.4 Å². The first-order valence-electron chi connectivity index (χ1n) is 11.1. The number of hydrogen-bond donors (Lipinski definition) is 2. The Morgan fingerprint density at radius 3 is 2.56 bits per heavy atom. The summed E-state index contributed by atoms with van der Waals surface area (Å²) in [4.78, 5) is 24.0. The molecule has 1 fully saturated rings. The third-order valence-corrected chi connectivity index (χ3v) is 6.03. The average Bonchev–Trinajstić information content (AvgIpc) is 3.33. The van der Waals surface area contributed by atoms with Crippen LogP contribution in [0.2, 0.25) is 0 Å². The van der Waals surface area contributed by atoms with E-state index in [1.807, 2.05) is 24.3 Å². The normalized spacial score (nSPS) is 17.4. The van der Waals surface area contributed by atoms with Crippen molar-refractivity contribution >= 4 is 29.3 Å². The molecule has 1 amide bonds. The molecule has 174 valence electrons. The Morgan fingerprint density at radius 1 is 1.09 bits per heavy atom. The summed E-state index contributed by atoms with van der Waals surface area (Å²) in [5, 5.41) is 22.2. The van der Waals surface area contributed by atoms with E-state index in [1.54, 1.807) is 24.3 Å². The molecule has 0 bridgehead atoms. The molecular formula is C25H25N5O4. The quantitative estimate of drug-likeness (QED) is 0.483. The number of nitrogens with one attached hydrogen (secondary N) is 2. The van der Waals surface area contributed by atoms with Crippen LogP contribution < -0.4 is 10.6 Å². The highest BCUT2D eigenvalue weighted by molar-refractivity contribution is 6.00. The Balaban J connectivity index is 1.30. The number of nitriles is 1. The molecule has 9 heteroatoms. The molecule has 9 nitrogen and oxygen atoms in total. The second-order valence-corrected chi connectivity index (χ2v) is 8.30. The summed E-state index contributed by atoms with van der Waals surface area (Å²) in [6, 6.07) is 16.6. The van der Waals surface area contributed by atoms with Crippen LogP contribution in [0, 0.1) is 17.2 Å². The fourth-order valence-electron chi connectivity index (χ4n) is 4.20. The van der Waals surface area contributed by atoms with Gasteiger partial charge >= 0.3 is 23.8 Å². The van der Waals surface area contributed by atoms with Gasteiger partial charge in [-0.25, -0.2) is 0 Å². The van der Waals surface area contributed by atoms with E-state index < -0.39 is 5.91 Å². The van der Waals surface area contributed by atoms with E-state index in [-0.39, 0.29) is 17.9 Å². The summed E-state index contributed by atoms with van der Waals surface area (Å²) in [7, 11) is 1.43. The van der Waals surface area contributed by atoms with Crippen molar-refractivity contribution in [3.63, 3.8) is 0 Å². The van der Waals surface area contributed by atoms with E-state index in [9.17, 15) is 9.59 Å². The monoisotopic (exact) mass is 459 g/mol. The molecule has 34 heavy (non-hydrogen) atoms. The van der Waals surface area contributed by atoms with E-state index in [2.05, 4.69) is 26.9 Å². The van der Waals surface area contributed by atoms with Gasteiger partial charge in [-0.05, 0) is 73.4 Å². The minimum absolute atomic E-state index is 0.0541. The van der Waals surface area contributed by atoms with Crippen molar-refractivity contribution in [3.8, 4) is 6.07 Å². The first-order chi connectivity index (χ1) is 16.5. The number of benzene rings is 2. The van der Waals surface area contributed by atoms with Crippen LogP contribution in [-0.4, -0.2) is 29.2 Å². The van der Waals surface area contributed by atoms with Crippen LogP contribution in [0.5, 0.6) is 0 Å². The first-order valence-corrected chi connectivity index (χ1v) is 11.1. The fraction of sp³-hybridized carbons (Fsp3) is 0.320. The Labute approximate surface area is 197 Å². The van der Waals surface area contributed by atoms with Crippen molar-refractivity contribution in [2.75, 3.05) is 17.7 Å². The van der Waals surface area contributed by atoms with Gasteiger partial charge in [-0.15, -0.1) is 5.10 Å². The zero-order valence-corrected chi connectivity index (χ0v) is 18.8. The molecule has 0 saturated heterocycles. The second kappa shape index (κ2) is 10.6. The van der Waals surface area contributed by atoms with E-state index >= 15 is 0 Å². The number of aromatic nitrogens is 2. The van der Waals surface area contributed by atoms with Crippen molar-refractivity contribution in [1.29, 1.82) is 5.26 Å². The molecule has 0 aliphatic heterocycles. The predicted octanol–water partition coefficient (Wildman–Crippen LogP) is 4.77. The summed E-state index contributed by atoms with van der Waals surface area (Å²) in [6.07, 6.45) is 4.57. The molecule has 2 aromatic carbocycles. The maximum atomic E-state index is 12.5. The van der Waals surface area contributed by atoms with Crippen LogP contribution in [0.25, 0.3) is 0 Å². The number of ether oxygens (including phenoxy) is 1. The molecule has 1 saturated carbocycles. The van der Waals surface area contributed by atoms with Crippen molar-refractivity contribution in [1.82, 2.24) is 10.2 Å². The number of amides is 1. The maximum absolute atomic E-state index is 12.5. The van der Waals surface area contributed by atoms with Gasteiger partial charge in [-0.2, -0.15) is 5.26 Å². The molecular weight excluding hydrogens is 434 g/mol. The number of hydrogen-bond acceptors (Lipinski definition) is 8. The van der Waals surface area contributed by atoms with E-state index in [4.69, 9.17) is 14.4 Å². The highest BCUT2D eigenvalue weighted by Gasteiger charge is 2.24. The van der Waals surface area contributed by atoms with Crippen molar-refractivity contribution < 1.29 is 18.7 Å². The highest BCUT2D eigenvalue weighted by atomic mass is 16.5. The van der Waals surface area contributed by atoms with Gasteiger partial charge in [0.05, 0.1) is 18.7 Å². The fourth-order valence-corrected chi connectivity index (χ4v) is 4.20. The Morgan fingerprint density at radius 2 is 1.85 bits per heavy atom. The molecule has 1 aliphatic carbocycles. The SMILES string of the molecule is COC(=O)CC1CCC(c2ccc(NC(=O)c3nnc(Nc4cccc(C#N)c4)o3)cc2)CC1. The molecule has 1 aromatic heterocycles. The van der Waals surface area contributed by atoms with E-state index in [0.29, 0.717) is 35.2 Å². The Kier molecular flexibility index (Phi) is 7.18. The number of nitrogens with zero attached hydrogens (tertiary/aromatic N) is 3. The zero-order chi connectivity index (χ0) is 23.9. The maximum Gasteiger partial charge on any atom is 0.320 e. The third-order valence-electron chi connectivity index (χ3n) is 6.03. The van der Waals surface area contributed by atoms with Crippen molar-refractivity contribution in [2.24, 2.45) is 5.92 Å². The number of methoxy groups -OCH3 is 1. The topological polar surface area (TPSA) is 130 Å². The summed E-state index contributed by atoms with van der Waals surface area (Å²) in [6.45, 7) is 0. The third kappa shape index (κ3) is 5.78. The lowest BCUT2D eigenvalue weighted by molar-refractivity contribution is -0.142. The lowest BCUT2D eigenvalue weighted by Gasteiger charge is -2.28. The summed E-state index contributed by atoms with van der Waals surface area (Å²) in [5.74, 6) is 0.0179. The molecule has 1 heterocycles. The van der Waals surface area contributed by atoms with Gasteiger partial charge in [-0.1, -0.05) is 23.3 Å². The van der Waals surface area contributed by atoms with Gasteiger partial charge in [0.2, 0.25) is 0 Å². The van der Waals surface area contributed by atoms with E-state index in [0.717, 1.165) is 25.7 Å². The number of rotatable bonds is 7. The lowest BCUT2D eigenvalue weighted by Crippen LogP contribution is -2.17. The van der Waals surface area contributed by atoms with Gasteiger partial charge in [0, 0.05) is 17.8 Å². The first kappa shape index (κ1) is 23.0. The summed E-state index contributed by atoms with van der Waals surface area (Å²) < 4.78 is 10.2. The minimum Gasteiger partial charge on any atom is -0.469 e. The molecule has 3 aromatic rings. The largest absolute Gasteiger partial charge is 0.469 e.